The predicted molar refractivity (Wildman–Crippen MR) is 77.8 cm³/mol. The van der Waals surface area contributed by atoms with Gasteiger partial charge in [-0.2, -0.15) is 0 Å². The summed E-state index contributed by atoms with van der Waals surface area (Å²) in [5.74, 6) is 0.0599. The highest BCUT2D eigenvalue weighted by Gasteiger charge is 2.24. The van der Waals surface area contributed by atoms with Gasteiger partial charge in [0.05, 0.1) is 12.5 Å². The Morgan fingerprint density at radius 3 is 2.89 bits per heavy atom. The Balaban J connectivity index is 0.00000180. The lowest BCUT2D eigenvalue weighted by molar-refractivity contribution is -0.120. The molecule has 1 amide bonds. The zero-order valence-electron chi connectivity index (χ0n) is 10.4. The van der Waals surface area contributed by atoms with Gasteiger partial charge in [-0.05, 0) is 17.7 Å². The minimum atomic E-state index is -0.364. The quantitative estimate of drug-likeness (QED) is 0.778. The van der Waals surface area contributed by atoms with Gasteiger partial charge in [0, 0.05) is 30.6 Å². The van der Waals surface area contributed by atoms with Crippen LogP contribution in [0.4, 0.5) is 0 Å². The molecule has 19 heavy (non-hydrogen) atoms. The van der Waals surface area contributed by atoms with Crippen molar-refractivity contribution in [2.75, 3.05) is 19.6 Å². The zero-order chi connectivity index (χ0) is 13.0. The van der Waals surface area contributed by atoms with Crippen LogP contribution in [0.15, 0.2) is 24.3 Å². The number of benzene rings is 1. The molecule has 3 N–H and O–H groups in total. The Morgan fingerprint density at radius 1 is 1.47 bits per heavy atom. The second-order valence-corrected chi connectivity index (χ2v) is 5.03. The predicted octanol–water partition coefficient (Wildman–Crippen LogP) is 1.00. The molecule has 0 aliphatic carbocycles. The van der Waals surface area contributed by atoms with Crippen LogP contribution in [0.3, 0.4) is 0 Å². The third-order valence-corrected chi connectivity index (χ3v) is 3.35. The maximum Gasteiger partial charge on any atom is 0.224 e. The van der Waals surface area contributed by atoms with E-state index < -0.39 is 0 Å². The van der Waals surface area contributed by atoms with E-state index in [9.17, 15) is 9.90 Å². The van der Waals surface area contributed by atoms with Crippen molar-refractivity contribution in [3.8, 4) is 0 Å². The number of hydrogen-bond donors (Lipinski definition) is 3. The Bertz CT molecular complexity index is 429. The summed E-state index contributed by atoms with van der Waals surface area (Å²) in [6, 6.07) is 7.27. The average Bonchev–Trinajstić information content (AvgIpc) is 2.72. The second-order valence-electron chi connectivity index (χ2n) is 4.60. The molecule has 106 valence electrons. The van der Waals surface area contributed by atoms with Gasteiger partial charge in [-0.25, -0.2) is 0 Å². The Hall–Kier alpha value is -0.810. The molecule has 1 saturated heterocycles. The number of nitrogens with one attached hydrogen (secondary N) is 2. The summed E-state index contributed by atoms with van der Waals surface area (Å²) in [4.78, 5) is 11.7. The molecule has 1 aliphatic rings. The van der Waals surface area contributed by atoms with Crippen molar-refractivity contribution >= 4 is 29.9 Å². The molecular formula is C13H18Cl2N2O2. The minimum absolute atomic E-state index is 0. The van der Waals surface area contributed by atoms with E-state index in [1.165, 1.54) is 0 Å². The first-order valence-electron chi connectivity index (χ1n) is 6.05. The SMILES string of the molecule is Cl.O=C(Cc1cccc(Cl)c1)NCC1CNCC1O. The largest absolute Gasteiger partial charge is 0.391 e. The zero-order valence-corrected chi connectivity index (χ0v) is 12.0. The molecule has 2 rings (SSSR count). The van der Waals surface area contributed by atoms with Crippen molar-refractivity contribution in [2.45, 2.75) is 12.5 Å². The Morgan fingerprint density at radius 2 is 2.26 bits per heavy atom. The minimum Gasteiger partial charge on any atom is -0.391 e. The number of carbonyl (C=O) groups excluding carboxylic acids is 1. The summed E-state index contributed by atoms with van der Waals surface area (Å²) in [6.45, 7) is 1.86. The smallest absolute Gasteiger partial charge is 0.224 e. The summed E-state index contributed by atoms with van der Waals surface area (Å²) in [6.07, 6.45) is -0.0481. The molecule has 0 saturated carbocycles. The lowest BCUT2D eigenvalue weighted by Gasteiger charge is -2.14. The summed E-state index contributed by atoms with van der Waals surface area (Å²) in [5.41, 5.74) is 0.894. The molecular weight excluding hydrogens is 287 g/mol. The molecule has 6 heteroatoms. The van der Waals surface area contributed by atoms with Crippen LogP contribution in [0.5, 0.6) is 0 Å². The van der Waals surface area contributed by atoms with E-state index >= 15 is 0 Å². The van der Waals surface area contributed by atoms with E-state index in [-0.39, 0.29) is 30.3 Å². The molecule has 1 fully saturated rings. The van der Waals surface area contributed by atoms with Gasteiger partial charge in [-0.15, -0.1) is 12.4 Å². The maximum absolute atomic E-state index is 11.7. The van der Waals surface area contributed by atoms with Crippen LogP contribution >= 0.6 is 24.0 Å². The van der Waals surface area contributed by atoms with E-state index in [1.807, 2.05) is 12.1 Å². The van der Waals surface area contributed by atoms with Crippen molar-refractivity contribution in [3.05, 3.63) is 34.9 Å². The fourth-order valence-corrected chi connectivity index (χ4v) is 2.28. The summed E-state index contributed by atoms with van der Waals surface area (Å²) < 4.78 is 0. The first-order chi connectivity index (χ1) is 8.65. The lowest BCUT2D eigenvalue weighted by atomic mass is 10.1. The van der Waals surface area contributed by atoms with Crippen LogP contribution in [0.2, 0.25) is 5.02 Å². The molecule has 2 atom stereocenters. The third kappa shape index (κ3) is 4.99. The second kappa shape index (κ2) is 7.70. The molecule has 2 unspecified atom stereocenters. The van der Waals surface area contributed by atoms with Crippen LogP contribution in [0, 0.1) is 5.92 Å². The summed E-state index contributed by atoms with van der Waals surface area (Å²) in [5, 5.41) is 16.2. The number of amides is 1. The molecule has 1 aromatic carbocycles. The first kappa shape index (κ1) is 16.2. The van der Waals surface area contributed by atoms with E-state index in [4.69, 9.17) is 11.6 Å². The number of rotatable bonds is 4. The number of β-amino-alcohol motifs (C(OH)–C–C–N with tert-alkyl or cyclic N) is 1. The molecule has 4 nitrogen and oxygen atoms in total. The normalized spacial score (nSPS) is 21.8. The van der Waals surface area contributed by atoms with Crippen molar-refractivity contribution in [3.63, 3.8) is 0 Å². The molecule has 1 aliphatic heterocycles. The number of halogens is 2. The number of carbonyl (C=O) groups is 1. The van der Waals surface area contributed by atoms with Gasteiger partial charge >= 0.3 is 0 Å². The molecule has 1 aromatic rings. The van der Waals surface area contributed by atoms with Crippen molar-refractivity contribution in [2.24, 2.45) is 5.92 Å². The Kier molecular flexibility index (Phi) is 6.58. The molecule has 0 bridgehead atoms. The highest BCUT2D eigenvalue weighted by Crippen LogP contribution is 2.11. The number of aliphatic hydroxyl groups is 1. The highest BCUT2D eigenvalue weighted by molar-refractivity contribution is 6.30. The molecule has 0 radical (unpaired) electrons. The number of hydrogen-bond acceptors (Lipinski definition) is 3. The van der Waals surface area contributed by atoms with Gasteiger partial charge in [0.25, 0.3) is 0 Å². The summed E-state index contributed by atoms with van der Waals surface area (Å²) >= 11 is 5.86. The Labute approximate surface area is 123 Å². The average molecular weight is 305 g/mol. The highest BCUT2D eigenvalue weighted by atomic mass is 35.5. The van der Waals surface area contributed by atoms with Crippen LogP contribution < -0.4 is 10.6 Å². The van der Waals surface area contributed by atoms with Crippen LogP contribution in [0.1, 0.15) is 5.56 Å². The van der Waals surface area contributed by atoms with E-state index in [1.54, 1.807) is 12.1 Å². The van der Waals surface area contributed by atoms with Crippen molar-refractivity contribution < 1.29 is 9.90 Å². The van der Waals surface area contributed by atoms with Crippen LogP contribution in [-0.4, -0.2) is 36.8 Å². The van der Waals surface area contributed by atoms with Gasteiger partial charge in [-0.1, -0.05) is 23.7 Å². The van der Waals surface area contributed by atoms with E-state index in [0.717, 1.165) is 12.1 Å². The van der Waals surface area contributed by atoms with Crippen molar-refractivity contribution in [1.82, 2.24) is 10.6 Å². The molecule has 1 heterocycles. The molecule has 0 aromatic heterocycles. The maximum atomic E-state index is 11.7. The van der Waals surface area contributed by atoms with E-state index in [0.29, 0.717) is 24.5 Å². The number of aliphatic hydroxyl groups excluding tert-OH is 1. The third-order valence-electron chi connectivity index (χ3n) is 3.12. The molecule has 0 spiro atoms. The fourth-order valence-electron chi connectivity index (χ4n) is 2.07. The van der Waals surface area contributed by atoms with Gasteiger partial charge in [-0.3, -0.25) is 4.79 Å². The first-order valence-corrected chi connectivity index (χ1v) is 6.43. The van der Waals surface area contributed by atoms with Crippen molar-refractivity contribution in [1.29, 1.82) is 0 Å². The van der Waals surface area contributed by atoms with Gasteiger partial charge in [0.2, 0.25) is 5.91 Å². The van der Waals surface area contributed by atoms with Gasteiger partial charge in [0.1, 0.15) is 0 Å². The standard InChI is InChI=1S/C13H17ClN2O2.ClH/c14-11-3-1-2-9(4-11)5-13(18)16-7-10-6-15-8-12(10)17;/h1-4,10,12,15,17H,5-8H2,(H,16,18);1H. The fraction of sp³-hybridized carbons (Fsp3) is 0.462. The summed E-state index contributed by atoms with van der Waals surface area (Å²) in [7, 11) is 0. The lowest BCUT2D eigenvalue weighted by Crippen LogP contribution is -2.35. The van der Waals surface area contributed by atoms with E-state index in [2.05, 4.69) is 10.6 Å². The van der Waals surface area contributed by atoms with Gasteiger partial charge in [0.15, 0.2) is 0 Å². The van der Waals surface area contributed by atoms with Crippen LogP contribution in [0.25, 0.3) is 0 Å². The topological polar surface area (TPSA) is 61.4 Å². The van der Waals surface area contributed by atoms with Gasteiger partial charge < -0.3 is 15.7 Å². The monoisotopic (exact) mass is 304 g/mol. The van der Waals surface area contributed by atoms with Crippen LogP contribution in [-0.2, 0) is 11.2 Å².